The van der Waals surface area contributed by atoms with Gasteiger partial charge in [-0.1, -0.05) is 42.7 Å². The molecule has 0 bridgehead atoms. The molecule has 28 heavy (non-hydrogen) atoms. The van der Waals surface area contributed by atoms with E-state index in [0.29, 0.717) is 18.4 Å². The van der Waals surface area contributed by atoms with Crippen molar-refractivity contribution in [2.75, 3.05) is 0 Å². The van der Waals surface area contributed by atoms with E-state index in [1.807, 2.05) is 13.0 Å². The van der Waals surface area contributed by atoms with Crippen LogP contribution in [0, 0.1) is 13.8 Å². The Balaban J connectivity index is 2.07. The molecule has 1 aliphatic carbocycles. The largest absolute Gasteiger partial charge is 0.507 e. The van der Waals surface area contributed by atoms with Gasteiger partial charge in [-0.2, -0.15) is 13.2 Å². The molecular formula is C21H22F3NO3. The number of benzene rings is 2. The van der Waals surface area contributed by atoms with Gasteiger partial charge < -0.3 is 15.5 Å². The van der Waals surface area contributed by atoms with Crippen LogP contribution in [0.1, 0.15) is 47.2 Å². The minimum atomic E-state index is -4.58. The van der Waals surface area contributed by atoms with Gasteiger partial charge in [0, 0.05) is 0 Å². The first-order valence-corrected chi connectivity index (χ1v) is 9.07. The molecule has 0 heterocycles. The Hall–Kier alpha value is -2.70. The number of nitrogens with one attached hydrogen (secondary N) is 1. The summed E-state index contributed by atoms with van der Waals surface area (Å²) in [5, 5.41) is 23.2. The molecule has 3 rings (SSSR count). The topological polar surface area (TPSA) is 69.6 Å². The molecule has 150 valence electrons. The Labute approximate surface area is 161 Å². The maximum absolute atomic E-state index is 13.6. The van der Waals surface area contributed by atoms with Crippen LogP contribution in [0.15, 0.2) is 30.3 Å². The number of aryl methyl sites for hydroxylation is 2. The summed E-state index contributed by atoms with van der Waals surface area (Å²) in [6, 6.07) is 8.18. The Bertz CT molecular complexity index is 916. The molecule has 0 radical (unpaired) electrons. The quantitative estimate of drug-likeness (QED) is 0.688. The molecule has 1 saturated carbocycles. The number of hydrogen-bond donors (Lipinski definition) is 3. The van der Waals surface area contributed by atoms with E-state index in [1.165, 1.54) is 13.0 Å². The van der Waals surface area contributed by atoms with Crippen LogP contribution in [0.25, 0.3) is 11.1 Å². The maximum Gasteiger partial charge on any atom is 0.411 e. The molecular weight excluding hydrogens is 371 g/mol. The van der Waals surface area contributed by atoms with Gasteiger partial charge in [-0.05, 0) is 43.9 Å². The number of carbonyl (C=O) groups is 1. The lowest BCUT2D eigenvalue weighted by atomic mass is 9.93. The van der Waals surface area contributed by atoms with E-state index >= 15 is 0 Å². The van der Waals surface area contributed by atoms with Gasteiger partial charge in [0.15, 0.2) is 0 Å². The van der Waals surface area contributed by atoms with Crippen LogP contribution in [0.4, 0.5) is 13.2 Å². The Kier molecular flexibility index (Phi) is 5.04. The third-order valence-electron chi connectivity index (χ3n) is 5.36. The van der Waals surface area contributed by atoms with Crippen molar-refractivity contribution in [1.29, 1.82) is 0 Å². The van der Waals surface area contributed by atoms with Crippen LogP contribution < -0.4 is 5.32 Å². The predicted molar refractivity (Wildman–Crippen MR) is 99.4 cm³/mol. The maximum atomic E-state index is 13.6. The van der Waals surface area contributed by atoms with Crippen molar-refractivity contribution < 1.29 is 28.2 Å². The lowest BCUT2D eigenvalue weighted by Crippen LogP contribution is -2.57. The van der Waals surface area contributed by atoms with E-state index in [4.69, 9.17) is 0 Å². The zero-order valence-corrected chi connectivity index (χ0v) is 15.7. The molecule has 1 aliphatic rings. The Morgan fingerprint density at radius 1 is 1.11 bits per heavy atom. The van der Waals surface area contributed by atoms with Crippen molar-refractivity contribution >= 4 is 5.91 Å². The van der Waals surface area contributed by atoms with Crippen molar-refractivity contribution in [1.82, 2.24) is 5.32 Å². The van der Waals surface area contributed by atoms with E-state index in [-0.39, 0.29) is 35.3 Å². The molecule has 0 unspecified atom stereocenters. The molecule has 7 heteroatoms. The van der Waals surface area contributed by atoms with Crippen molar-refractivity contribution in [2.45, 2.75) is 51.2 Å². The first-order valence-electron chi connectivity index (χ1n) is 9.07. The smallest absolute Gasteiger partial charge is 0.411 e. The first kappa shape index (κ1) is 20.0. The number of aromatic hydroxyl groups is 2. The van der Waals surface area contributed by atoms with Gasteiger partial charge in [-0.25, -0.2) is 0 Å². The van der Waals surface area contributed by atoms with Gasteiger partial charge >= 0.3 is 6.18 Å². The first-order chi connectivity index (χ1) is 13.1. The van der Waals surface area contributed by atoms with Gasteiger partial charge in [0.2, 0.25) is 0 Å². The highest BCUT2D eigenvalue weighted by atomic mass is 19.4. The Morgan fingerprint density at radius 3 is 2.32 bits per heavy atom. The predicted octanol–water partition coefficient (Wildman–Crippen LogP) is 4.99. The van der Waals surface area contributed by atoms with E-state index in [1.54, 1.807) is 18.2 Å². The summed E-state index contributed by atoms with van der Waals surface area (Å²) >= 11 is 0. The third kappa shape index (κ3) is 3.41. The minimum absolute atomic E-state index is 0.0203. The average Bonchev–Trinajstić information content (AvgIpc) is 3.04. The van der Waals surface area contributed by atoms with E-state index < -0.39 is 23.4 Å². The lowest BCUT2D eigenvalue weighted by Gasteiger charge is -2.33. The molecule has 0 saturated heterocycles. The Morgan fingerprint density at radius 2 is 1.75 bits per heavy atom. The molecule has 4 nitrogen and oxygen atoms in total. The fourth-order valence-electron chi connectivity index (χ4n) is 3.89. The lowest BCUT2D eigenvalue weighted by molar-refractivity contribution is -0.191. The summed E-state index contributed by atoms with van der Waals surface area (Å²) in [6.45, 7) is 3.29. The van der Waals surface area contributed by atoms with Crippen LogP contribution in [-0.4, -0.2) is 27.8 Å². The molecule has 3 N–H and O–H groups in total. The number of phenols is 2. The summed E-state index contributed by atoms with van der Waals surface area (Å²) < 4.78 is 40.9. The molecule has 1 fully saturated rings. The van der Waals surface area contributed by atoms with Gasteiger partial charge in [0.25, 0.3) is 5.91 Å². The van der Waals surface area contributed by atoms with Crippen molar-refractivity contribution in [3.05, 3.63) is 47.0 Å². The summed E-state index contributed by atoms with van der Waals surface area (Å²) in [7, 11) is 0. The fraction of sp³-hybridized carbons (Fsp3) is 0.381. The zero-order chi connectivity index (χ0) is 20.7. The summed E-state index contributed by atoms with van der Waals surface area (Å²) in [4.78, 5) is 12.8. The number of amides is 1. The second-order valence-electron chi connectivity index (χ2n) is 7.42. The number of alkyl halides is 3. The highest BCUT2D eigenvalue weighted by molar-refractivity contribution is 6.02. The minimum Gasteiger partial charge on any atom is -0.507 e. The molecule has 1 amide bonds. The summed E-state index contributed by atoms with van der Waals surface area (Å²) in [5.74, 6) is -1.78. The number of phenolic OH excluding ortho intramolecular Hbond substituents is 2. The van der Waals surface area contributed by atoms with E-state index in [9.17, 15) is 28.2 Å². The number of rotatable bonds is 3. The summed E-state index contributed by atoms with van der Waals surface area (Å²) in [6.07, 6.45) is -4.22. The normalized spacial score (nSPS) is 16.2. The van der Waals surface area contributed by atoms with Crippen molar-refractivity contribution in [3.8, 4) is 22.6 Å². The highest BCUT2D eigenvalue weighted by Gasteiger charge is 2.57. The highest BCUT2D eigenvalue weighted by Crippen LogP contribution is 2.45. The van der Waals surface area contributed by atoms with Crippen LogP contribution in [-0.2, 0) is 0 Å². The van der Waals surface area contributed by atoms with Crippen LogP contribution in [0.3, 0.4) is 0 Å². The number of hydrogen-bond acceptors (Lipinski definition) is 3. The molecule has 0 aromatic heterocycles. The van der Waals surface area contributed by atoms with Gasteiger partial charge in [0.1, 0.15) is 17.0 Å². The second-order valence-corrected chi connectivity index (χ2v) is 7.42. The molecule has 2 aromatic carbocycles. The van der Waals surface area contributed by atoms with Crippen LogP contribution >= 0.6 is 0 Å². The summed E-state index contributed by atoms with van der Waals surface area (Å²) in [5.41, 5.74) is -0.999. The average molecular weight is 393 g/mol. The van der Waals surface area contributed by atoms with Gasteiger partial charge in [-0.15, -0.1) is 0 Å². The SMILES string of the molecule is Cc1cccc(-c2c(O)cc(C)c(C(=O)NC3(C(F)(F)F)CCCC3)c2O)c1. The molecule has 0 aliphatic heterocycles. The van der Waals surface area contributed by atoms with E-state index in [2.05, 4.69) is 5.32 Å². The van der Waals surface area contributed by atoms with Crippen molar-refractivity contribution in [3.63, 3.8) is 0 Å². The molecule has 0 spiro atoms. The number of carbonyl (C=O) groups excluding carboxylic acids is 1. The number of halogens is 3. The molecule has 0 atom stereocenters. The second kappa shape index (κ2) is 7.04. The van der Waals surface area contributed by atoms with Crippen LogP contribution in [0.5, 0.6) is 11.5 Å². The van der Waals surface area contributed by atoms with Crippen LogP contribution in [0.2, 0.25) is 0 Å². The van der Waals surface area contributed by atoms with E-state index in [0.717, 1.165) is 5.56 Å². The monoisotopic (exact) mass is 393 g/mol. The zero-order valence-electron chi connectivity index (χ0n) is 15.7. The van der Waals surface area contributed by atoms with Gasteiger partial charge in [0.05, 0.1) is 11.1 Å². The molecule has 2 aromatic rings. The standard InChI is InChI=1S/C21H22F3NO3/c1-12-6-5-7-14(10-12)17-15(26)11-13(2)16(18(17)27)19(28)25-20(21(22,23)24)8-3-4-9-20/h5-7,10-11,26-27H,3-4,8-9H2,1-2H3,(H,25,28). The fourth-order valence-corrected chi connectivity index (χ4v) is 3.89. The van der Waals surface area contributed by atoms with Gasteiger partial charge in [-0.3, -0.25) is 4.79 Å². The van der Waals surface area contributed by atoms with Crippen molar-refractivity contribution in [2.24, 2.45) is 0 Å². The third-order valence-corrected chi connectivity index (χ3v) is 5.36.